The first-order valence-corrected chi connectivity index (χ1v) is 13.6. The standard InChI is InChI=1S/C27H31N5O3S2/c1-4-31-24(30-11-9-29(10-12-30)13-14-33)21(19(3)22(16-28)25(31)34)15-23-26(35)32(27(36)37-23)17-20-7-5-18(2)6-8-20/h5-8,15,33H,4,9-14,17H2,1-3H3/b23-15-. The Balaban J connectivity index is 1.75. The molecule has 1 aromatic heterocycles. The number of carbonyl (C=O) groups excluding carboxylic acids is 1. The Bertz CT molecular complexity index is 1340. The highest BCUT2D eigenvalue weighted by Gasteiger charge is 2.33. The molecule has 1 amide bonds. The molecule has 0 atom stereocenters. The van der Waals surface area contributed by atoms with Crippen LogP contribution in [0, 0.1) is 25.2 Å². The van der Waals surface area contributed by atoms with Crippen molar-refractivity contribution < 1.29 is 9.90 Å². The Morgan fingerprint density at radius 3 is 2.41 bits per heavy atom. The Labute approximate surface area is 226 Å². The van der Waals surface area contributed by atoms with Crippen molar-refractivity contribution in [2.24, 2.45) is 0 Å². The molecule has 1 N–H and O–H groups in total. The van der Waals surface area contributed by atoms with Gasteiger partial charge in [0.1, 0.15) is 21.8 Å². The Morgan fingerprint density at radius 1 is 1.14 bits per heavy atom. The summed E-state index contributed by atoms with van der Waals surface area (Å²) in [6.07, 6.45) is 1.80. The zero-order valence-electron chi connectivity index (χ0n) is 21.4. The summed E-state index contributed by atoms with van der Waals surface area (Å²) < 4.78 is 2.12. The van der Waals surface area contributed by atoms with Crippen molar-refractivity contribution in [3.63, 3.8) is 0 Å². The maximum Gasteiger partial charge on any atom is 0.270 e. The fraction of sp³-hybridized carbons (Fsp3) is 0.407. The van der Waals surface area contributed by atoms with Gasteiger partial charge in [0.15, 0.2) is 0 Å². The van der Waals surface area contributed by atoms with E-state index in [9.17, 15) is 20.0 Å². The lowest BCUT2D eigenvalue weighted by Gasteiger charge is -2.37. The molecule has 0 saturated carbocycles. The zero-order valence-corrected chi connectivity index (χ0v) is 23.0. The molecule has 194 valence electrons. The third kappa shape index (κ3) is 5.50. The van der Waals surface area contributed by atoms with Crippen molar-refractivity contribution in [3.05, 3.63) is 67.3 Å². The number of aliphatic hydroxyl groups is 1. The van der Waals surface area contributed by atoms with Crippen molar-refractivity contribution >= 4 is 46.1 Å². The summed E-state index contributed by atoms with van der Waals surface area (Å²) in [6, 6.07) is 10.1. The number of carbonyl (C=O) groups is 1. The van der Waals surface area contributed by atoms with Crippen LogP contribution in [0.25, 0.3) is 6.08 Å². The second kappa shape index (κ2) is 11.6. The lowest BCUT2D eigenvalue weighted by Crippen LogP contribution is -2.49. The van der Waals surface area contributed by atoms with Crippen molar-refractivity contribution in [3.8, 4) is 6.07 Å². The maximum absolute atomic E-state index is 13.5. The van der Waals surface area contributed by atoms with Gasteiger partial charge in [-0.2, -0.15) is 5.26 Å². The largest absolute Gasteiger partial charge is 0.395 e. The molecule has 4 rings (SSSR count). The molecule has 0 bridgehead atoms. The molecule has 2 aliphatic heterocycles. The Morgan fingerprint density at radius 2 is 1.81 bits per heavy atom. The van der Waals surface area contributed by atoms with Gasteiger partial charge >= 0.3 is 0 Å². The van der Waals surface area contributed by atoms with E-state index in [0.29, 0.717) is 53.1 Å². The quantitative estimate of drug-likeness (QED) is 0.426. The molecule has 0 radical (unpaired) electrons. The number of β-amino-alcohol motifs (C(OH)–C–C–N with tert-alkyl or cyclic N) is 1. The van der Waals surface area contributed by atoms with Gasteiger partial charge in [0.05, 0.1) is 18.1 Å². The van der Waals surface area contributed by atoms with Crippen molar-refractivity contribution in [2.45, 2.75) is 33.9 Å². The third-order valence-corrected chi connectivity index (χ3v) is 8.24. The van der Waals surface area contributed by atoms with E-state index in [4.69, 9.17) is 12.2 Å². The smallest absolute Gasteiger partial charge is 0.270 e. The van der Waals surface area contributed by atoms with E-state index in [1.165, 1.54) is 11.8 Å². The van der Waals surface area contributed by atoms with Crippen molar-refractivity contribution in [1.82, 2.24) is 14.4 Å². The number of anilines is 1. The van der Waals surface area contributed by atoms with Crippen LogP contribution in [-0.4, -0.2) is 69.0 Å². The average molecular weight is 538 g/mol. The predicted molar refractivity (Wildman–Crippen MR) is 151 cm³/mol. The van der Waals surface area contributed by atoms with Crippen molar-refractivity contribution in [1.29, 1.82) is 5.26 Å². The Hall–Kier alpha value is -2.97. The molecule has 3 heterocycles. The van der Waals surface area contributed by atoms with Gasteiger partial charge in [-0.05, 0) is 38.0 Å². The summed E-state index contributed by atoms with van der Waals surface area (Å²) in [5, 5.41) is 19.1. The monoisotopic (exact) mass is 537 g/mol. The lowest BCUT2D eigenvalue weighted by molar-refractivity contribution is -0.122. The summed E-state index contributed by atoms with van der Waals surface area (Å²) in [5.41, 5.74) is 3.17. The normalized spacial score (nSPS) is 17.6. The minimum absolute atomic E-state index is 0.0888. The SMILES string of the molecule is CCn1c(N2CCN(CCO)CC2)c(/C=C2\SC(=S)N(Cc3ccc(C)cc3)C2=O)c(C)c(C#N)c1=O. The summed E-state index contributed by atoms with van der Waals surface area (Å²) >= 11 is 6.81. The molecule has 2 aromatic rings. The number of aliphatic hydroxyl groups excluding tert-OH is 1. The number of thiocarbonyl (C=S) groups is 1. The topological polar surface area (TPSA) is 92.8 Å². The van der Waals surface area contributed by atoms with Crippen LogP contribution in [0.3, 0.4) is 0 Å². The minimum Gasteiger partial charge on any atom is -0.395 e. The average Bonchev–Trinajstić information content (AvgIpc) is 3.15. The molecule has 10 heteroatoms. The minimum atomic E-state index is -0.320. The van der Waals surface area contributed by atoms with E-state index >= 15 is 0 Å². The fourth-order valence-electron chi connectivity index (χ4n) is 4.75. The van der Waals surface area contributed by atoms with Crippen molar-refractivity contribution in [2.75, 3.05) is 44.2 Å². The number of rotatable bonds is 7. The molecule has 0 unspecified atom stereocenters. The fourth-order valence-corrected chi connectivity index (χ4v) is 5.98. The molecular formula is C27H31N5O3S2. The van der Waals surface area contributed by atoms with Gasteiger partial charge in [-0.3, -0.25) is 24.0 Å². The number of thioether (sulfide) groups is 1. The number of amides is 1. The molecule has 37 heavy (non-hydrogen) atoms. The number of aryl methyl sites for hydroxylation is 1. The number of benzene rings is 1. The molecular weight excluding hydrogens is 506 g/mol. The highest BCUT2D eigenvalue weighted by molar-refractivity contribution is 8.26. The third-order valence-electron chi connectivity index (χ3n) is 6.86. The van der Waals surface area contributed by atoms with E-state index in [-0.39, 0.29) is 23.6 Å². The first-order chi connectivity index (χ1) is 17.8. The number of hydrogen-bond acceptors (Lipinski definition) is 8. The van der Waals surface area contributed by atoms with Crippen LogP contribution in [0.5, 0.6) is 0 Å². The zero-order chi connectivity index (χ0) is 26.7. The molecule has 8 nitrogen and oxygen atoms in total. The second-order valence-electron chi connectivity index (χ2n) is 9.20. The highest BCUT2D eigenvalue weighted by atomic mass is 32.2. The van der Waals surface area contributed by atoms with E-state index in [0.717, 1.165) is 30.0 Å². The first kappa shape index (κ1) is 27.1. The number of piperazine rings is 1. The van der Waals surface area contributed by atoms with Crippen LogP contribution < -0.4 is 10.5 Å². The molecule has 0 spiro atoms. The second-order valence-corrected chi connectivity index (χ2v) is 10.9. The first-order valence-electron chi connectivity index (χ1n) is 12.4. The molecule has 1 aromatic carbocycles. The van der Waals surface area contributed by atoms with E-state index in [1.54, 1.807) is 22.5 Å². The molecule has 2 fully saturated rings. The van der Waals surface area contributed by atoms with Crippen LogP contribution in [0.15, 0.2) is 34.0 Å². The van der Waals surface area contributed by atoms with Gasteiger partial charge in [0, 0.05) is 44.8 Å². The molecule has 0 aliphatic carbocycles. The van der Waals surface area contributed by atoms with E-state index in [2.05, 4.69) is 15.9 Å². The van der Waals surface area contributed by atoms with E-state index in [1.807, 2.05) is 38.1 Å². The van der Waals surface area contributed by atoms with Crippen LogP contribution in [-0.2, 0) is 17.9 Å². The van der Waals surface area contributed by atoms with Gasteiger partial charge < -0.3 is 10.0 Å². The predicted octanol–water partition coefficient (Wildman–Crippen LogP) is 2.87. The summed E-state index contributed by atoms with van der Waals surface area (Å²) in [4.78, 5) is 33.1. The summed E-state index contributed by atoms with van der Waals surface area (Å²) in [7, 11) is 0. The van der Waals surface area contributed by atoms with Crippen LogP contribution in [0.1, 0.15) is 34.7 Å². The summed E-state index contributed by atoms with van der Waals surface area (Å²) in [5.74, 6) is 0.540. The van der Waals surface area contributed by atoms with Crippen LogP contribution >= 0.6 is 24.0 Å². The number of aromatic nitrogens is 1. The number of nitrogens with zero attached hydrogens (tertiary/aromatic N) is 5. The number of nitriles is 1. The van der Waals surface area contributed by atoms with Gasteiger partial charge in [0.25, 0.3) is 11.5 Å². The molecule has 2 aliphatic rings. The van der Waals surface area contributed by atoms with Gasteiger partial charge in [0.2, 0.25) is 0 Å². The summed E-state index contributed by atoms with van der Waals surface area (Å²) in [6.45, 7) is 9.99. The van der Waals surface area contributed by atoms with E-state index < -0.39 is 0 Å². The maximum atomic E-state index is 13.5. The van der Waals surface area contributed by atoms with Crippen LogP contribution in [0.2, 0.25) is 0 Å². The number of hydrogen-bond donors (Lipinski definition) is 1. The number of pyridine rings is 1. The molecule has 2 saturated heterocycles. The van der Waals surface area contributed by atoms with Crippen LogP contribution in [0.4, 0.5) is 5.82 Å². The lowest BCUT2D eigenvalue weighted by atomic mass is 10.0. The Kier molecular flexibility index (Phi) is 8.49. The van der Waals surface area contributed by atoms with Gasteiger partial charge in [-0.1, -0.05) is 53.8 Å². The van der Waals surface area contributed by atoms with Gasteiger partial charge in [-0.25, -0.2) is 0 Å². The highest BCUT2D eigenvalue weighted by Crippen LogP contribution is 2.36. The van der Waals surface area contributed by atoms with Gasteiger partial charge in [-0.15, -0.1) is 0 Å².